The van der Waals surface area contributed by atoms with Gasteiger partial charge in [-0.15, -0.1) is 0 Å². The van der Waals surface area contributed by atoms with E-state index in [0.29, 0.717) is 19.0 Å². The first kappa shape index (κ1) is 17.3. The minimum Gasteiger partial charge on any atom is -0.508 e. The Hall–Kier alpha value is -1.71. The summed E-state index contributed by atoms with van der Waals surface area (Å²) in [5, 5.41) is 9.32. The van der Waals surface area contributed by atoms with Crippen LogP contribution in [0.5, 0.6) is 11.5 Å². The minimum absolute atomic E-state index is 0.124. The van der Waals surface area contributed by atoms with E-state index in [1.165, 1.54) is 0 Å². The second-order valence-corrected chi connectivity index (χ2v) is 5.76. The number of carbonyl (C=O) groups excluding carboxylic acids is 1. The van der Waals surface area contributed by atoms with Crippen LogP contribution >= 0.6 is 0 Å². The van der Waals surface area contributed by atoms with Crippen LogP contribution in [0.3, 0.4) is 0 Å². The predicted octanol–water partition coefficient (Wildman–Crippen LogP) is 3.92. The fraction of sp³-hybridized carbons (Fsp3) is 0.588. The van der Waals surface area contributed by atoms with Crippen molar-refractivity contribution < 1.29 is 19.4 Å². The topological polar surface area (TPSA) is 55.8 Å². The molecule has 0 amide bonds. The van der Waals surface area contributed by atoms with E-state index in [2.05, 4.69) is 0 Å². The third-order valence-electron chi connectivity index (χ3n) is 3.36. The Bertz CT molecular complexity index is 440. The summed E-state index contributed by atoms with van der Waals surface area (Å²) < 4.78 is 10.6. The molecule has 4 nitrogen and oxygen atoms in total. The number of aromatic hydroxyl groups is 1. The molecular formula is C17H26O4. The molecule has 1 rings (SSSR count). The van der Waals surface area contributed by atoms with Crippen LogP contribution in [0.25, 0.3) is 0 Å². The van der Waals surface area contributed by atoms with Crippen molar-refractivity contribution in [3.05, 3.63) is 24.3 Å². The highest BCUT2D eigenvalue weighted by Gasteiger charge is 2.28. The van der Waals surface area contributed by atoms with Crippen molar-refractivity contribution in [3.63, 3.8) is 0 Å². The van der Waals surface area contributed by atoms with Crippen LogP contribution in [-0.2, 0) is 9.53 Å². The van der Waals surface area contributed by atoms with Gasteiger partial charge in [0.2, 0.25) is 0 Å². The molecule has 0 aromatic heterocycles. The second kappa shape index (κ2) is 8.55. The zero-order valence-corrected chi connectivity index (χ0v) is 13.2. The summed E-state index contributed by atoms with van der Waals surface area (Å²) in [7, 11) is 0. The van der Waals surface area contributed by atoms with Crippen molar-refractivity contribution in [3.8, 4) is 11.5 Å². The summed E-state index contributed by atoms with van der Waals surface area (Å²) in [6.07, 6.45) is 3.71. The van der Waals surface area contributed by atoms with Gasteiger partial charge in [0.05, 0.1) is 18.6 Å². The first-order valence-electron chi connectivity index (χ1n) is 7.55. The van der Waals surface area contributed by atoms with Crippen molar-refractivity contribution in [1.29, 1.82) is 0 Å². The van der Waals surface area contributed by atoms with Crippen molar-refractivity contribution in [2.45, 2.75) is 46.5 Å². The maximum atomic E-state index is 11.7. The number of hydrogen-bond acceptors (Lipinski definition) is 4. The summed E-state index contributed by atoms with van der Waals surface area (Å²) in [6, 6.07) is 6.80. The minimum atomic E-state index is -0.415. The fourth-order valence-corrected chi connectivity index (χ4v) is 2.04. The molecule has 0 aliphatic rings. The molecule has 0 radical (unpaired) electrons. The molecule has 0 bridgehead atoms. The standard InChI is InChI=1S/C17H26O4/c1-4-20-16(19)17(2,3)11-6-5-7-12-21-15-10-8-9-14(18)13-15/h8-10,13,18H,4-7,11-12H2,1-3H3. The van der Waals surface area contributed by atoms with Gasteiger partial charge in [-0.2, -0.15) is 0 Å². The smallest absolute Gasteiger partial charge is 0.311 e. The van der Waals surface area contributed by atoms with Crippen LogP contribution in [0.2, 0.25) is 0 Å². The number of ether oxygens (including phenoxy) is 2. The average Bonchev–Trinajstić information content (AvgIpc) is 2.43. The fourth-order valence-electron chi connectivity index (χ4n) is 2.04. The molecule has 0 saturated carbocycles. The van der Waals surface area contributed by atoms with E-state index in [1.54, 1.807) is 18.2 Å². The zero-order valence-electron chi connectivity index (χ0n) is 13.2. The van der Waals surface area contributed by atoms with Gasteiger partial charge in [0.25, 0.3) is 0 Å². The Morgan fingerprint density at radius 2 is 2.00 bits per heavy atom. The third-order valence-corrected chi connectivity index (χ3v) is 3.36. The van der Waals surface area contributed by atoms with E-state index < -0.39 is 5.41 Å². The van der Waals surface area contributed by atoms with E-state index in [0.717, 1.165) is 25.7 Å². The van der Waals surface area contributed by atoms with E-state index in [9.17, 15) is 9.90 Å². The Kier molecular flexibility index (Phi) is 7.06. The molecule has 0 heterocycles. The molecule has 1 aromatic carbocycles. The number of phenols is 1. The molecule has 1 N–H and O–H groups in total. The van der Waals surface area contributed by atoms with Gasteiger partial charge in [0.15, 0.2) is 0 Å². The summed E-state index contributed by atoms with van der Waals surface area (Å²) in [5.41, 5.74) is -0.415. The molecule has 1 aromatic rings. The first-order chi connectivity index (χ1) is 9.95. The lowest BCUT2D eigenvalue weighted by molar-refractivity contribution is -0.153. The summed E-state index contributed by atoms with van der Waals surface area (Å²) in [4.78, 5) is 11.7. The van der Waals surface area contributed by atoms with Crippen molar-refractivity contribution in [1.82, 2.24) is 0 Å². The van der Waals surface area contributed by atoms with Crippen molar-refractivity contribution in [2.75, 3.05) is 13.2 Å². The molecule has 0 aliphatic carbocycles. The number of phenolic OH excluding ortho intramolecular Hbond substituents is 1. The summed E-state index contributed by atoms with van der Waals surface area (Å²) >= 11 is 0. The largest absolute Gasteiger partial charge is 0.508 e. The average molecular weight is 294 g/mol. The molecule has 0 aliphatic heterocycles. The molecule has 0 atom stereocenters. The van der Waals surface area contributed by atoms with E-state index in [-0.39, 0.29) is 11.7 Å². The Balaban J connectivity index is 2.16. The van der Waals surface area contributed by atoms with E-state index >= 15 is 0 Å². The maximum absolute atomic E-state index is 11.7. The Morgan fingerprint density at radius 1 is 1.24 bits per heavy atom. The Labute approximate surface area is 127 Å². The van der Waals surface area contributed by atoms with Gasteiger partial charge in [0, 0.05) is 6.07 Å². The number of unbranched alkanes of at least 4 members (excludes halogenated alkanes) is 2. The van der Waals surface area contributed by atoms with Gasteiger partial charge in [-0.05, 0) is 45.7 Å². The maximum Gasteiger partial charge on any atom is 0.311 e. The highest BCUT2D eigenvalue weighted by molar-refractivity contribution is 5.75. The lowest BCUT2D eigenvalue weighted by atomic mass is 9.87. The van der Waals surface area contributed by atoms with Gasteiger partial charge in [-0.25, -0.2) is 0 Å². The van der Waals surface area contributed by atoms with Crippen LogP contribution in [0, 0.1) is 5.41 Å². The number of benzene rings is 1. The molecule has 0 spiro atoms. The van der Waals surface area contributed by atoms with E-state index in [4.69, 9.17) is 9.47 Å². The first-order valence-corrected chi connectivity index (χ1v) is 7.55. The molecule has 0 saturated heterocycles. The number of carbonyl (C=O) groups is 1. The van der Waals surface area contributed by atoms with Crippen LogP contribution in [-0.4, -0.2) is 24.3 Å². The van der Waals surface area contributed by atoms with Crippen LogP contribution in [0.1, 0.15) is 46.5 Å². The molecule has 21 heavy (non-hydrogen) atoms. The lowest BCUT2D eigenvalue weighted by Gasteiger charge is -2.21. The van der Waals surface area contributed by atoms with Gasteiger partial charge in [-0.3, -0.25) is 4.79 Å². The van der Waals surface area contributed by atoms with Gasteiger partial charge in [0.1, 0.15) is 11.5 Å². The van der Waals surface area contributed by atoms with Crippen molar-refractivity contribution in [2.24, 2.45) is 5.41 Å². The molecule has 0 fully saturated rings. The number of hydrogen-bond donors (Lipinski definition) is 1. The third kappa shape index (κ3) is 6.52. The highest BCUT2D eigenvalue weighted by atomic mass is 16.5. The predicted molar refractivity (Wildman–Crippen MR) is 82.5 cm³/mol. The van der Waals surface area contributed by atoms with E-state index in [1.807, 2.05) is 26.8 Å². The molecule has 4 heteroatoms. The Morgan fingerprint density at radius 3 is 2.67 bits per heavy atom. The quantitative estimate of drug-likeness (QED) is 0.554. The second-order valence-electron chi connectivity index (χ2n) is 5.76. The van der Waals surface area contributed by atoms with Crippen LogP contribution < -0.4 is 4.74 Å². The van der Waals surface area contributed by atoms with Gasteiger partial charge < -0.3 is 14.6 Å². The van der Waals surface area contributed by atoms with Crippen molar-refractivity contribution >= 4 is 5.97 Å². The van der Waals surface area contributed by atoms with Gasteiger partial charge in [-0.1, -0.05) is 18.9 Å². The van der Waals surface area contributed by atoms with Crippen LogP contribution in [0.15, 0.2) is 24.3 Å². The normalized spacial score (nSPS) is 11.2. The summed E-state index contributed by atoms with van der Waals surface area (Å²) in [5.74, 6) is 0.770. The monoisotopic (exact) mass is 294 g/mol. The SMILES string of the molecule is CCOC(=O)C(C)(C)CCCCCOc1cccc(O)c1. The molecular weight excluding hydrogens is 268 g/mol. The molecule has 118 valence electrons. The zero-order chi connectivity index (χ0) is 15.7. The van der Waals surface area contributed by atoms with Gasteiger partial charge >= 0.3 is 5.97 Å². The number of rotatable bonds is 9. The lowest BCUT2D eigenvalue weighted by Crippen LogP contribution is -2.26. The summed E-state index contributed by atoms with van der Waals surface area (Å²) in [6.45, 7) is 6.72. The molecule has 0 unspecified atom stereocenters. The highest BCUT2D eigenvalue weighted by Crippen LogP contribution is 2.25. The number of esters is 1. The van der Waals surface area contributed by atoms with Crippen LogP contribution in [0.4, 0.5) is 0 Å².